The van der Waals surface area contributed by atoms with Gasteiger partial charge in [0, 0.05) is 0 Å². The molecule has 0 bridgehead atoms. The van der Waals surface area contributed by atoms with Crippen LogP contribution in [0.4, 0.5) is 0 Å². The number of thiazole rings is 1. The lowest BCUT2D eigenvalue weighted by Gasteiger charge is -2.24. The second kappa shape index (κ2) is 15.8. The minimum Gasteiger partial charge on any atom is -0.497 e. The number of carbonyl (C=O) groups is 1. The summed E-state index contributed by atoms with van der Waals surface area (Å²) in [6, 6.07) is 20.3. The van der Waals surface area contributed by atoms with Crippen LogP contribution in [0.25, 0.3) is 6.08 Å². The molecular formula is C38H42N2O7S. The second-order valence-electron chi connectivity index (χ2n) is 11.3. The number of nitrogens with zero attached hydrogens (tertiary/aromatic N) is 2. The Bertz CT molecular complexity index is 1940. The molecule has 1 aromatic heterocycles. The van der Waals surface area contributed by atoms with Crippen LogP contribution in [0.2, 0.25) is 0 Å². The molecule has 0 spiro atoms. The van der Waals surface area contributed by atoms with Gasteiger partial charge in [0.25, 0.3) is 5.56 Å². The van der Waals surface area contributed by atoms with Crippen LogP contribution in [-0.4, -0.2) is 44.1 Å². The summed E-state index contributed by atoms with van der Waals surface area (Å²) >= 11 is 1.26. The van der Waals surface area contributed by atoms with Gasteiger partial charge in [0.15, 0.2) is 16.3 Å². The molecule has 4 aromatic rings. The molecule has 1 aliphatic heterocycles. The van der Waals surface area contributed by atoms with Gasteiger partial charge in [0.2, 0.25) is 0 Å². The van der Waals surface area contributed by atoms with Crippen molar-refractivity contribution in [3.8, 4) is 23.0 Å². The van der Waals surface area contributed by atoms with Crippen molar-refractivity contribution in [1.29, 1.82) is 0 Å². The first-order valence-electron chi connectivity index (χ1n) is 16.2. The molecular weight excluding hydrogens is 628 g/mol. The summed E-state index contributed by atoms with van der Waals surface area (Å²) in [7, 11) is 1.59. The van der Waals surface area contributed by atoms with Crippen LogP contribution in [-0.2, 0) is 9.53 Å². The Hall–Kier alpha value is -4.83. The predicted octanol–water partition coefficient (Wildman–Crippen LogP) is 6.18. The summed E-state index contributed by atoms with van der Waals surface area (Å²) in [4.78, 5) is 32.3. The first-order chi connectivity index (χ1) is 23.3. The van der Waals surface area contributed by atoms with Crippen LogP contribution in [0, 0.1) is 0 Å². The van der Waals surface area contributed by atoms with E-state index in [1.807, 2.05) is 49.4 Å². The van der Waals surface area contributed by atoms with Crippen molar-refractivity contribution in [2.24, 2.45) is 4.99 Å². The third-order valence-electron chi connectivity index (χ3n) is 8.19. The summed E-state index contributed by atoms with van der Waals surface area (Å²) in [6.45, 7) is 11.2. The van der Waals surface area contributed by atoms with Crippen LogP contribution in [0.15, 0.2) is 87.8 Å². The number of ether oxygens (including phenoxy) is 5. The molecule has 0 unspecified atom stereocenters. The summed E-state index contributed by atoms with van der Waals surface area (Å²) < 4.78 is 30.6. The quantitative estimate of drug-likeness (QED) is 0.117. The molecule has 10 heteroatoms. The Morgan fingerprint density at radius 1 is 0.917 bits per heavy atom. The van der Waals surface area contributed by atoms with Crippen LogP contribution < -0.4 is 33.8 Å². The van der Waals surface area contributed by atoms with Gasteiger partial charge in [-0.2, -0.15) is 0 Å². The van der Waals surface area contributed by atoms with E-state index in [2.05, 4.69) is 31.0 Å². The number of benzene rings is 3. The zero-order valence-electron chi connectivity index (χ0n) is 28.3. The first-order valence-corrected chi connectivity index (χ1v) is 17.1. The molecule has 1 aliphatic rings. The van der Waals surface area contributed by atoms with E-state index in [1.54, 1.807) is 43.7 Å². The lowest BCUT2D eigenvalue weighted by atomic mass is 9.96. The highest BCUT2D eigenvalue weighted by Crippen LogP contribution is 2.32. The molecule has 48 heavy (non-hydrogen) atoms. The van der Waals surface area contributed by atoms with E-state index in [9.17, 15) is 9.59 Å². The molecule has 0 N–H and O–H groups in total. The fourth-order valence-corrected chi connectivity index (χ4v) is 6.53. The van der Waals surface area contributed by atoms with Gasteiger partial charge >= 0.3 is 5.97 Å². The number of fused-ring (bicyclic) bond motifs is 1. The van der Waals surface area contributed by atoms with E-state index in [1.165, 1.54) is 16.9 Å². The van der Waals surface area contributed by atoms with Gasteiger partial charge in [-0.25, -0.2) is 9.79 Å². The monoisotopic (exact) mass is 670 g/mol. The maximum Gasteiger partial charge on any atom is 0.338 e. The second-order valence-corrected chi connectivity index (χ2v) is 12.3. The van der Waals surface area contributed by atoms with Crippen LogP contribution >= 0.6 is 11.3 Å². The highest BCUT2D eigenvalue weighted by molar-refractivity contribution is 7.07. The Labute approximate surface area is 284 Å². The third-order valence-corrected chi connectivity index (χ3v) is 9.17. The van der Waals surface area contributed by atoms with Crippen LogP contribution in [0.1, 0.15) is 69.7 Å². The summed E-state index contributed by atoms with van der Waals surface area (Å²) in [5, 5.41) is 0. The molecule has 9 nitrogen and oxygen atoms in total. The number of carbonyl (C=O) groups excluding carboxylic acids is 1. The predicted molar refractivity (Wildman–Crippen MR) is 187 cm³/mol. The highest BCUT2D eigenvalue weighted by atomic mass is 32.1. The van der Waals surface area contributed by atoms with Crippen molar-refractivity contribution in [3.05, 3.63) is 114 Å². The van der Waals surface area contributed by atoms with Crippen molar-refractivity contribution >= 4 is 23.4 Å². The van der Waals surface area contributed by atoms with Crippen molar-refractivity contribution in [2.75, 3.05) is 33.5 Å². The van der Waals surface area contributed by atoms with Gasteiger partial charge in [0.1, 0.15) is 24.7 Å². The Morgan fingerprint density at radius 3 is 2.29 bits per heavy atom. The normalized spacial score (nSPS) is 15.0. The summed E-state index contributed by atoms with van der Waals surface area (Å²) in [6.07, 6.45) is 2.89. The lowest BCUT2D eigenvalue weighted by molar-refractivity contribution is -0.139. The van der Waals surface area contributed by atoms with Gasteiger partial charge in [-0.15, -0.1) is 0 Å². The van der Waals surface area contributed by atoms with E-state index in [4.69, 9.17) is 23.7 Å². The molecule has 5 rings (SSSR count). The smallest absolute Gasteiger partial charge is 0.338 e. The fraction of sp³-hybridized carbons (Fsp3) is 0.342. The average Bonchev–Trinajstić information content (AvgIpc) is 3.40. The largest absolute Gasteiger partial charge is 0.497 e. The van der Waals surface area contributed by atoms with Gasteiger partial charge in [-0.3, -0.25) is 9.36 Å². The van der Waals surface area contributed by atoms with Gasteiger partial charge in [0.05, 0.1) is 42.2 Å². The molecule has 2 atom stereocenters. The van der Waals surface area contributed by atoms with E-state index in [0.29, 0.717) is 63.6 Å². The molecule has 0 saturated carbocycles. The van der Waals surface area contributed by atoms with Crippen molar-refractivity contribution < 1.29 is 28.5 Å². The van der Waals surface area contributed by atoms with Crippen molar-refractivity contribution in [1.82, 2.24) is 4.57 Å². The van der Waals surface area contributed by atoms with E-state index in [-0.39, 0.29) is 12.2 Å². The molecule has 252 valence electrons. The molecule has 3 aromatic carbocycles. The topological polar surface area (TPSA) is 97.6 Å². The maximum atomic E-state index is 14.0. The maximum absolute atomic E-state index is 14.0. The Morgan fingerprint density at radius 2 is 1.62 bits per heavy atom. The van der Waals surface area contributed by atoms with Crippen LogP contribution in [0.5, 0.6) is 23.0 Å². The number of esters is 1. The highest BCUT2D eigenvalue weighted by Gasteiger charge is 2.33. The van der Waals surface area contributed by atoms with Gasteiger partial charge in [-0.05, 0) is 92.3 Å². The number of allylic oxidation sites excluding steroid dienone is 1. The minimum atomic E-state index is -0.705. The Kier molecular flexibility index (Phi) is 11.4. The number of methoxy groups -OCH3 is 1. The fourth-order valence-electron chi connectivity index (χ4n) is 5.49. The van der Waals surface area contributed by atoms with Crippen molar-refractivity contribution in [3.63, 3.8) is 0 Å². The SMILES string of the molecule is CCOC(=O)C1=C(C)N=c2s/c(=C/c3ccc(OCCOc4ccc([C@@H](C)CC)cc4)c(OCC)c3)c(=O)n2[C@H]1c1ccc(OC)cc1. The first kappa shape index (κ1) is 34.5. The molecule has 0 aliphatic carbocycles. The number of rotatable bonds is 14. The minimum absolute atomic E-state index is 0.205. The molecule has 0 fully saturated rings. The summed E-state index contributed by atoms with van der Waals surface area (Å²) in [5.74, 6) is 2.62. The zero-order valence-corrected chi connectivity index (χ0v) is 29.1. The molecule has 0 amide bonds. The van der Waals surface area contributed by atoms with E-state index in [0.717, 1.165) is 23.3 Å². The molecule has 0 radical (unpaired) electrons. The van der Waals surface area contributed by atoms with E-state index >= 15 is 0 Å². The van der Waals surface area contributed by atoms with Gasteiger partial charge in [-0.1, -0.05) is 55.5 Å². The number of hydrogen-bond acceptors (Lipinski definition) is 9. The standard InChI is InChI=1S/C38H42N2O7S/c1-7-24(4)27-11-17-30(18-12-27)46-20-21-47-31-19-10-26(22-32(31)44-8-2)23-33-36(41)40-35(28-13-15-29(43-6)16-14-28)34(37(42)45-9-3)25(5)39-38(40)48-33/h10-19,22-24,35H,7-9,20-21H2,1-6H3/b33-23+/t24-,35-/m0/s1. The summed E-state index contributed by atoms with van der Waals surface area (Å²) in [5.41, 5.74) is 3.37. The number of hydrogen-bond donors (Lipinski definition) is 0. The van der Waals surface area contributed by atoms with Crippen molar-refractivity contribution in [2.45, 2.75) is 53.0 Å². The molecule has 2 heterocycles. The Balaban J connectivity index is 1.40. The third kappa shape index (κ3) is 7.65. The lowest BCUT2D eigenvalue weighted by Crippen LogP contribution is -2.39. The molecule has 0 saturated heterocycles. The van der Waals surface area contributed by atoms with E-state index < -0.39 is 12.0 Å². The zero-order chi connectivity index (χ0) is 34.2. The average molecular weight is 671 g/mol. The van der Waals surface area contributed by atoms with Gasteiger partial charge < -0.3 is 23.7 Å². The van der Waals surface area contributed by atoms with Crippen LogP contribution in [0.3, 0.4) is 0 Å². The number of aromatic nitrogens is 1.